The summed E-state index contributed by atoms with van der Waals surface area (Å²) in [7, 11) is 1.36. The van der Waals surface area contributed by atoms with Crippen LogP contribution in [-0.2, 0) is 38.0 Å². The van der Waals surface area contributed by atoms with Crippen LogP contribution in [0.5, 0.6) is 0 Å². The zero-order valence-electron chi connectivity index (χ0n) is 47.7. The van der Waals surface area contributed by atoms with Gasteiger partial charge in [0.15, 0.2) is 12.1 Å². The van der Waals surface area contributed by atoms with E-state index in [9.17, 15) is 55.2 Å². The van der Waals surface area contributed by atoms with Crippen molar-refractivity contribution in [3.05, 3.63) is 145 Å². The summed E-state index contributed by atoms with van der Waals surface area (Å²) in [5.74, 6) is -3.31. The molecule has 19 atom stereocenters. The van der Waals surface area contributed by atoms with Gasteiger partial charge in [0.25, 0.3) is 0 Å². The first-order chi connectivity index (χ1) is 39.8. The highest BCUT2D eigenvalue weighted by Crippen LogP contribution is 2.45. The molecule has 4 heterocycles. The van der Waals surface area contributed by atoms with Crippen LogP contribution in [0.4, 0.5) is 9.59 Å². The van der Waals surface area contributed by atoms with E-state index >= 15 is 0 Å². The molecule has 2 aromatic carbocycles. The van der Waals surface area contributed by atoms with Crippen LogP contribution in [0.15, 0.2) is 134 Å². The highest BCUT2D eigenvalue weighted by atomic mass is 16.7. The van der Waals surface area contributed by atoms with Gasteiger partial charge in [0.05, 0.1) is 73.4 Å². The van der Waals surface area contributed by atoms with Crippen LogP contribution in [0.2, 0.25) is 0 Å². The number of ether oxygens (including phenoxy) is 7. The Morgan fingerprint density at radius 3 is 1.88 bits per heavy atom. The number of hydrogen-bond donors (Lipinski definition) is 10. The normalized spacial score (nSPS) is 39.1. The number of benzene rings is 2. The van der Waals surface area contributed by atoms with E-state index in [2.05, 4.69) is 10.6 Å². The fourth-order valence-electron chi connectivity index (χ4n) is 11.3. The van der Waals surface area contributed by atoms with Gasteiger partial charge in [-0.25, -0.2) is 9.59 Å². The Balaban J connectivity index is 1.08. The van der Waals surface area contributed by atoms with Gasteiger partial charge in [0.2, 0.25) is 0 Å². The summed E-state index contributed by atoms with van der Waals surface area (Å²) in [6, 6.07) is 13.7. The van der Waals surface area contributed by atoms with Gasteiger partial charge in [-0.05, 0) is 55.4 Å². The molecule has 4 aliphatic heterocycles. The number of fused-ring (bicyclic) bond motifs is 7. The van der Waals surface area contributed by atoms with Crippen LogP contribution >= 0.6 is 0 Å². The quantitative estimate of drug-likeness (QED) is 0.129. The van der Waals surface area contributed by atoms with Gasteiger partial charge in [-0.1, -0.05) is 147 Å². The first kappa shape index (κ1) is 64.7. The van der Waals surface area contributed by atoms with Crippen molar-refractivity contribution in [3.63, 3.8) is 0 Å². The van der Waals surface area contributed by atoms with Crippen LogP contribution < -0.4 is 10.6 Å². The first-order valence-corrected chi connectivity index (χ1v) is 28.7. The number of carbonyl (C=O) groups is 3. The molecule has 83 heavy (non-hydrogen) atoms. The van der Waals surface area contributed by atoms with Gasteiger partial charge < -0.3 is 84.6 Å². The molecule has 0 saturated carbocycles. The van der Waals surface area contributed by atoms with Crippen molar-refractivity contribution in [1.29, 1.82) is 0 Å². The van der Waals surface area contributed by atoms with E-state index in [1.165, 1.54) is 7.11 Å². The first-order valence-electron chi connectivity index (χ1n) is 28.7. The van der Waals surface area contributed by atoms with Crippen LogP contribution in [0, 0.1) is 11.8 Å². The molecule has 10 N–H and O–H groups in total. The van der Waals surface area contributed by atoms with Crippen LogP contribution in [0.3, 0.4) is 0 Å². The fraction of sp³-hybridized carbons (Fsp3) is 0.540. The summed E-state index contributed by atoms with van der Waals surface area (Å²) in [5.41, 5.74) is 4.11. The molecule has 2 aromatic rings. The van der Waals surface area contributed by atoms with Crippen molar-refractivity contribution in [2.45, 2.75) is 188 Å². The van der Waals surface area contributed by atoms with Gasteiger partial charge in [-0.15, -0.1) is 0 Å². The van der Waals surface area contributed by atoms with E-state index < -0.39 is 134 Å². The maximum Gasteiger partial charge on any atom is 0.407 e. The average Bonchev–Trinajstić information content (AvgIpc) is 4.23. The molecule has 3 fully saturated rings. The summed E-state index contributed by atoms with van der Waals surface area (Å²) in [5, 5.41) is 94.5. The lowest BCUT2D eigenvalue weighted by Crippen LogP contribution is -2.64. The standard InChI is InChI=1S/C63H84N2O18/c1-37-22-16-14-12-10-8-6-7-9-11-13-15-17-23-44(81-60-59(74)56(58(73)40(4)80-60)65-61(75)78-36-49-47-26-20-18-24-45(47)46-25-19-21-27-48(46)49)33-52-55-53(82-62(76)64-55)35-63(77-5,83-52)34-43(68)31-51(70)50(69)29-28-41(66)30-42(67)32-54(71)79-39(3)38(2)57(37)72/h6-27,37-44,49-53,55-60,66-70,72-74H,28-36H2,1-5H3,(H,64,76)(H,65,75)/b7-6+,10-8+,11-9+,14-12+,15-13+,22-16+,23-17+/t37-,38-,39-,40+,41+,42+,43-,44-,50+,51+,52?,53-,55-,56-,57+,58+,59-,60-,63+/m0/s1. The van der Waals surface area contributed by atoms with E-state index in [0.29, 0.717) is 0 Å². The molecule has 2 amide bonds. The summed E-state index contributed by atoms with van der Waals surface area (Å²) in [4.78, 5) is 39.2. The van der Waals surface area contributed by atoms with Crippen molar-refractivity contribution in [2.75, 3.05) is 13.7 Å². The molecule has 0 radical (unpaired) electrons. The Hall–Kier alpha value is -5.85. The number of allylic oxidation sites excluding steroid dienone is 12. The minimum atomic E-state index is -1.64. The lowest BCUT2D eigenvalue weighted by atomic mass is 9.87. The van der Waals surface area contributed by atoms with Crippen LogP contribution in [-0.4, -0.2) is 176 Å². The fourth-order valence-corrected chi connectivity index (χ4v) is 11.3. The van der Waals surface area contributed by atoms with Crippen molar-refractivity contribution in [2.24, 2.45) is 11.8 Å². The number of aliphatic hydroxyl groups excluding tert-OH is 8. The molecule has 20 nitrogen and oxygen atoms in total. The largest absolute Gasteiger partial charge is 0.462 e. The van der Waals surface area contributed by atoms with Gasteiger partial charge >= 0.3 is 18.2 Å². The average molecular weight is 1160 g/mol. The van der Waals surface area contributed by atoms with E-state index in [1.807, 2.05) is 110 Å². The number of hydrogen-bond acceptors (Lipinski definition) is 18. The summed E-state index contributed by atoms with van der Waals surface area (Å²) in [6.07, 6.45) is 5.57. The van der Waals surface area contributed by atoms with E-state index in [0.717, 1.165) is 22.3 Å². The SMILES string of the molecule is CO[C@]12C[C@@H](O)C[C@@H](O)[C@H](O)CC[C@@H](O)C[C@@H](O)CC(=O)O[C@@H](C)[C@H](C)[C@H](O)[C@@H](C)/C=C/C=C/C=C/C=C/C=C/C=C/C=C/[C@H](O[C@@H]3O[C@H](C)[C@@H](O)[C@H](NC(=O)OCC4c5ccccc5-c5ccccc54)[C@@H]3O)CC(O1)[C@@H]1NC(=O)O[C@H]1C2. The lowest BCUT2D eigenvalue weighted by Gasteiger charge is -2.46. The molecular formula is C63H84N2O18. The highest BCUT2D eigenvalue weighted by Gasteiger charge is 2.54. The maximum absolute atomic E-state index is 13.6. The predicted molar refractivity (Wildman–Crippen MR) is 306 cm³/mol. The van der Waals surface area contributed by atoms with Crippen molar-refractivity contribution in [3.8, 4) is 11.1 Å². The molecule has 454 valence electrons. The molecule has 2 bridgehead atoms. The van der Waals surface area contributed by atoms with Gasteiger partial charge in [-0.3, -0.25) is 4.79 Å². The van der Waals surface area contributed by atoms with Gasteiger partial charge in [-0.2, -0.15) is 0 Å². The molecule has 7 rings (SSSR count). The van der Waals surface area contributed by atoms with E-state index in [1.54, 1.807) is 51.2 Å². The second kappa shape index (κ2) is 30.8. The molecular weight excluding hydrogens is 1070 g/mol. The van der Waals surface area contributed by atoms with Crippen molar-refractivity contribution in [1.82, 2.24) is 10.6 Å². The molecule has 3 saturated heterocycles. The number of esters is 1. The number of alkyl carbamates (subject to hydrolysis) is 2. The number of cyclic esters (lactones) is 1. The number of nitrogens with one attached hydrogen (secondary N) is 2. The monoisotopic (exact) mass is 1160 g/mol. The topological polar surface area (TPSA) is 302 Å². The Morgan fingerprint density at radius 1 is 0.651 bits per heavy atom. The summed E-state index contributed by atoms with van der Waals surface area (Å²) >= 11 is 0. The van der Waals surface area contributed by atoms with E-state index in [4.69, 9.17) is 33.2 Å². The zero-order valence-corrected chi connectivity index (χ0v) is 47.7. The van der Waals surface area contributed by atoms with Gasteiger partial charge in [0, 0.05) is 50.5 Å². The summed E-state index contributed by atoms with van der Waals surface area (Å²) < 4.78 is 42.2. The Labute approximate surface area is 485 Å². The minimum absolute atomic E-state index is 0.0121. The van der Waals surface area contributed by atoms with Gasteiger partial charge in [0.1, 0.15) is 31.0 Å². The molecule has 1 unspecified atom stereocenters. The van der Waals surface area contributed by atoms with Crippen molar-refractivity contribution < 1.29 is 88.4 Å². The zero-order chi connectivity index (χ0) is 59.8. The Kier molecular flexibility index (Phi) is 24.0. The van der Waals surface area contributed by atoms with Crippen molar-refractivity contribution >= 4 is 18.2 Å². The molecule has 20 heteroatoms. The summed E-state index contributed by atoms with van der Waals surface area (Å²) in [6.45, 7) is 6.82. The third kappa shape index (κ3) is 17.9. The number of aliphatic hydroxyl groups is 8. The number of carbonyl (C=O) groups excluding carboxylic acids is 3. The molecule has 5 aliphatic rings. The number of methoxy groups -OCH3 is 1. The Bertz CT molecular complexity index is 2610. The molecule has 0 aromatic heterocycles. The second-order valence-electron chi connectivity index (χ2n) is 22.3. The van der Waals surface area contributed by atoms with E-state index in [-0.39, 0.29) is 63.4 Å². The second-order valence-corrected chi connectivity index (χ2v) is 22.3. The maximum atomic E-state index is 13.6. The van der Waals surface area contributed by atoms with Crippen LogP contribution in [0.25, 0.3) is 11.1 Å². The lowest BCUT2D eigenvalue weighted by molar-refractivity contribution is -0.307. The smallest absolute Gasteiger partial charge is 0.407 e. The molecule has 0 spiro atoms. The Morgan fingerprint density at radius 2 is 1.25 bits per heavy atom. The predicted octanol–water partition coefficient (Wildman–Crippen LogP) is 5.36. The highest BCUT2D eigenvalue weighted by molar-refractivity contribution is 5.79. The number of amides is 2. The van der Waals surface area contributed by atoms with Crippen LogP contribution in [0.1, 0.15) is 96.1 Å². The minimum Gasteiger partial charge on any atom is -0.462 e. The number of rotatable bonds is 6. The third-order valence-electron chi connectivity index (χ3n) is 16.2. The third-order valence-corrected chi connectivity index (χ3v) is 16.2. The molecule has 1 aliphatic carbocycles.